The molecule has 0 spiro atoms. The highest BCUT2D eigenvalue weighted by atomic mass is 16.4. The predicted octanol–water partition coefficient (Wildman–Crippen LogP) is 0.198. The van der Waals surface area contributed by atoms with Crippen LogP contribution in [-0.4, -0.2) is 17.0 Å². The van der Waals surface area contributed by atoms with Crippen LogP contribution in [0.4, 0.5) is 0 Å². The first-order valence-electron chi connectivity index (χ1n) is 2.54. The molecule has 0 unspecified atom stereocenters. The molecule has 0 aromatic rings. The lowest BCUT2D eigenvalue weighted by Gasteiger charge is -1.87. The van der Waals surface area contributed by atoms with E-state index in [0.29, 0.717) is 0 Å². The summed E-state index contributed by atoms with van der Waals surface area (Å²) in [5.41, 5.74) is 0. The van der Waals surface area contributed by atoms with Crippen LogP contribution in [-0.2, 0) is 14.7 Å². The van der Waals surface area contributed by atoms with Gasteiger partial charge in [0.25, 0.3) is 0 Å². The van der Waals surface area contributed by atoms with E-state index in [1.54, 1.807) is 0 Å². The summed E-state index contributed by atoms with van der Waals surface area (Å²) in [6, 6.07) is 0. The quantitative estimate of drug-likeness (QED) is 0.592. The van der Waals surface area contributed by atoms with Gasteiger partial charge in [-0.2, -0.15) is 0 Å². The van der Waals surface area contributed by atoms with Crippen molar-refractivity contribution in [1.82, 2.24) is 0 Å². The maximum atomic E-state index is 9.77. The Hall–Kier alpha value is -1.06. The molecule has 0 bridgehead atoms. The van der Waals surface area contributed by atoms with Crippen LogP contribution in [0.1, 0.15) is 19.3 Å². The van der Waals surface area contributed by atoms with Gasteiger partial charge < -0.3 is 5.11 Å². The second kappa shape index (κ2) is 3.88. The minimum absolute atomic E-state index is 0.103. The zero-order valence-electron chi connectivity index (χ0n) is 4.79. The topological polar surface area (TPSA) is 74.3 Å². The molecule has 4 heteroatoms. The number of hydrogen-bond acceptors (Lipinski definition) is 2. The third kappa shape index (κ3) is 6.94. The molecule has 1 radical (unpaired) electrons. The van der Waals surface area contributed by atoms with E-state index in [0.717, 1.165) is 0 Å². The molecule has 51 valence electrons. The van der Waals surface area contributed by atoms with Crippen LogP contribution in [0.25, 0.3) is 0 Å². The average molecular weight is 131 g/mol. The van der Waals surface area contributed by atoms with Crippen molar-refractivity contribution in [3.05, 3.63) is 0 Å². The molecule has 0 amide bonds. The fourth-order valence-electron chi connectivity index (χ4n) is 0.384. The summed E-state index contributed by atoms with van der Waals surface area (Å²) in [4.78, 5) is 19.4. The molecule has 0 aliphatic carbocycles. The van der Waals surface area contributed by atoms with Crippen LogP contribution < -0.4 is 0 Å². The zero-order chi connectivity index (χ0) is 7.28. The Balaban J connectivity index is 3.10. The largest absolute Gasteiger partial charge is 0.481 e. The van der Waals surface area contributed by atoms with Crippen LogP contribution >= 0.6 is 0 Å². The van der Waals surface area contributed by atoms with E-state index in [9.17, 15) is 14.7 Å². The third-order valence-electron chi connectivity index (χ3n) is 0.772. The highest BCUT2D eigenvalue weighted by Crippen LogP contribution is 1.93. The highest BCUT2D eigenvalue weighted by molar-refractivity contribution is 5.69. The van der Waals surface area contributed by atoms with Crippen LogP contribution in [0.5, 0.6) is 0 Å². The maximum Gasteiger partial charge on any atom is 0.355 e. The minimum atomic E-state index is -1.20. The van der Waals surface area contributed by atoms with E-state index in [-0.39, 0.29) is 19.3 Å². The predicted molar refractivity (Wildman–Crippen MR) is 27.2 cm³/mol. The van der Waals surface area contributed by atoms with Crippen LogP contribution in [0.2, 0.25) is 0 Å². The van der Waals surface area contributed by atoms with Gasteiger partial charge in [-0.25, -0.2) is 9.90 Å². The van der Waals surface area contributed by atoms with Crippen LogP contribution in [0.15, 0.2) is 0 Å². The second-order valence-electron chi connectivity index (χ2n) is 1.62. The molecular weight excluding hydrogens is 124 g/mol. The third-order valence-corrected chi connectivity index (χ3v) is 0.772. The first-order chi connectivity index (χ1) is 4.13. The van der Waals surface area contributed by atoms with E-state index in [2.05, 4.69) is 0 Å². The van der Waals surface area contributed by atoms with Gasteiger partial charge in [0.15, 0.2) is 0 Å². The molecule has 0 heterocycles. The SMILES string of the molecule is [O]C(=O)CCCC(=O)O. The van der Waals surface area contributed by atoms with E-state index >= 15 is 0 Å². The number of rotatable bonds is 4. The van der Waals surface area contributed by atoms with E-state index in [1.165, 1.54) is 0 Å². The molecule has 0 saturated heterocycles. The van der Waals surface area contributed by atoms with Gasteiger partial charge in [-0.15, -0.1) is 0 Å². The summed E-state index contributed by atoms with van der Waals surface area (Å²) in [6.45, 7) is 0. The number of carboxylic acids is 1. The van der Waals surface area contributed by atoms with Gasteiger partial charge in [0.1, 0.15) is 0 Å². The summed E-state index contributed by atoms with van der Waals surface area (Å²) in [6.07, 6.45) is -0.127. The number of aliphatic carboxylic acids is 1. The van der Waals surface area contributed by atoms with Crippen molar-refractivity contribution in [1.29, 1.82) is 0 Å². The smallest absolute Gasteiger partial charge is 0.355 e. The molecule has 0 saturated carbocycles. The van der Waals surface area contributed by atoms with E-state index in [1.807, 2.05) is 0 Å². The fraction of sp³-hybridized carbons (Fsp3) is 0.600. The van der Waals surface area contributed by atoms with Gasteiger partial charge >= 0.3 is 11.9 Å². The lowest BCUT2D eigenvalue weighted by Crippen LogP contribution is -1.97. The first-order valence-corrected chi connectivity index (χ1v) is 2.54. The lowest BCUT2D eigenvalue weighted by atomic mass is 10.2. The Morgan fingerprint density at radius 3 is 2.11 bits per heavy atom. The number of carbonyl (C=O) groups is 2. The Morgan fingerprint density at radius 1 is 1.22 bits per heavy atom. The molecule has 4 nitrogen and oxygen atoms in total. The summed E-state index contributed by atoms with van der Waals surface area (Å²) < 4.78 is 0. The molecule has 0 aliphatic rings. The summed E-state index contributed by atoms with van der Waals surface area (Å²) in [5, 5.41) is 17.7. The van der Waals surface area contributed by atoms with Crippen molar-refractivity contribution in [3.63, 3.8) is 0 Å². The Kier molecular flexibility index (Phi) is 3.43. The molecule has 0 aromatic carbocycles. The summed E-state index contributed by atoms with van der Waals surface area (Å²) in [7, 11) is 0. The lowest BCUT2D eigenvalue weighted by molar-refractivity contribution is -0.143. The number of carboxylic acid groups (broad SMARTS) is 1. The Morgan fingerprint density at radius 2 is 1.78 bits per heavy atom. The van der Waals surface area contributed by atoms with Crippen molar-refractivity contribution in [3.8, 4) is 0 Å². The Bertz CT molecular complexity index is 104. The van der Waals surface area contributed by atoms with Crippen molar-refractivity contribution < 1.29 is 19.8 Å². The second-order valence-corrected chi connectivity index (χ2v) is 1.62. The Labute approximate surface area is 52.1 Å². The van der Waals surface area contributed by atoms with E-state index < -0.39 is 11.9 Å². The fourth-order valence-corrected chi connectivity index (χ4v) is 0.384. The molecule has 0 rings (SSSR count). The molecule has 0 fully saturated rings. The minimum Gasteiger partial charge on any atom is -0.481 e. The van der Waals surface area contributed by atoms with Gasteiger partial charge in [0, 0.05) is 6.42 Å². The van der Waals surface area contributed by atoms with Gasteiger partial charge in [0.2, 0.25) is 0 Å². The molecule has 0 aliphatic heterocycles. The number of hydrogen-bond donors (Lipinski definition) is 1. The maximum absolute atomic E-state index is 9.77. The van der Waals surface area contributed by atoms with Crippen molar-refractivity contribution in [2.24, 2.45) is 0 Å². The van der Waals surface area contributed by atoms with Crippen LogP contribution in [0, 0.1) is 0 Å². The monoisotopic (exact) mass is 131 g/mol. The molecule has 9 heavy (non-hydrogen) atoms. The van der Waals surface area contributed by atoms with Crippen molar-refractivity contribution >= 4 is 11.9 Å². The zero-order valence-corrected chi connectivity index (χ0v) is 4.79. The standard InChI is InChI=1S/C5H7O4/c6-4(7)2-1-3-5(8)9/h1-3H2,(H,6,7). The summed E-state index contributed by atoms with van der Waals surface area (Å²) >= 11 is 0. The molecule has 1 N–H and O–H groups in total. The molecule has 0 atom stereocenters. The van der Waals surface area contributed by atoms with Crippen molar-refractivity contribution in [2.75, 3.05) is 0 Å². The molecule has 0 aromatic heterocycles. The van der Waals surface area contributed by atoms with Gasteiger partial charge in [-0.05, 0) is 6.42 Å². The average Bonchev–Trinajstić information content (AvgIpc) is 1.63. The first kappa shape index (κ1) is 7.94. The van der Waals surface area contributed by atoms with Gasteiger partial charge in [-0.1, -0.05) is 0 Å². The molecular formula is C5H7O4. The summed E-state index contributed by atoms with van der Waals surface area (Å²) in [5.74, 6) is -2.17. The normalized spacial score (nSPS) is 8.89. The highest BCUT2D eigenvalue weighted by Gasteiger charge is 2.01. The van der Waals surface area contributed by atoms with Gasteiger partial charge in [0.05, 0.1) is 6.42 Å². The van der Waals surface area contributed by atoms with Crippen LogP contribution in [0.3, 0.4) is 0 Å². The number of carbonyl (C=O) groups excluding carboxylic acids is 1. The van der Waals surface area contributed by atoms with Crippen molar-refractivity contribution in [2.45, 2.75) is 19.3 Å². The van der Waals surface area contributed by atoms with Gasteiger partial charge in [-0.3, -0.25) is 4.79 Å². The van der Waals surface area contributed by atoms with E-state index in [4.69, 9.17) is 5.11 Å².